The van der Waals surface area contributed by atoms with E-state index in [0.29, 0.717) is 18.0 Å². The second-order valence-corrected chi connectivity index (χ2v) is 6.35. The summed E-state index contributed by atoms with van der Waals surface area (Å²) in [7, 11) is -3.37. The Hall–Kier alpha value is -0.620. The van der Waals surface area contributed by atoms with E-state index in [1.165, 1.54) is 0 Å². The van der Waals surface area contributed by atoms with Crippen molar-refractivity contribution in [1.29, 1.82) is 0 Å². The number of sulfonamides is 1. The molecule has 1 fully saturated rings. The first-order chi connectivity index (χ1) is 8.05. The van der Waals surface area contributed by atoms with Crippen molar-refractivity contribution in [1.82, 2.24) is 4.31 Å². The van der Waals surface area contributed by atoms with E-state index in [-0.39, 0.29) is 18.4 Å². The summed E-state index contributed by atoms with van der Waals surface area (Å²) >= 11 is 0. The highest BCUT2D eigenvalue weighted by Gasteiger charge is 2.34. The molecule has 6 heteroatoms. The molecule has 0 bridgehead atoms. The SMILES string of the molecule is Cc1cccc(S(=O)(=O)N2CCCC2CN)c1.Cl. The third-order valence-electron chi connectivity index (χ3n) is 3.19. The highest BCUT2D eigenvalue weighted by atomic mass is 35.5. The minimum absolute atomic E-state index is 0. The normalized spacial score (nSPS) is 20.7. The number of nitrogens with zero attached hydrogens (tertiary/aromatic N) is 1. The van der Waals surface area contributed by atoms with Gasteiger partial charge in [-0.3, -0.25) is 0 Å². The number of aryl methyl sites for hydroxylation is 1. The molecule has 18 heavy (non-hydrogen) atoms. The molecular weight excluding hydrogens is 272 g/mol. The Morgan fingerprint density at radius 2 is 2.17 bits per heavy atom. The summed E-state index contributed by atoms with van der Waals surface area (Å²) < 4.78 is 26.4. The number of hydrogen-bond donors (Lipinski definition) is 1. The van der Waals surface area contributed by atoms with Crippen LogP contribution in [0.15, 0.2) is 29.2 Å². The topological polar surface area (TPSA) is 63.4 Å². The fourth-order valence-corrected chi connectivity index (χ4v) is 4.08. The summed E-state index contributed by atoms with van der Waals surface area (Å²) in [5.41, 5.74) is 6.58. The molecule has 1 aromatic rings. The molecule has 0 amide bonds. The van der Waals surface area contributed by atoms with Gasteiger partial charge in [0.25, 0.3) is 0 Å². The van der Waals surface area contributed by atoms with Crippen LogP contribution >= 0.6 is 12.4 Å². The average molecular weight is 291 g/mol. The number of hydrogen-bond acceptors (Lipinski definition) is 3. The van der Waals surface area contributed by atoms with E-state index in [1.807, 2.05) is 13.0 Å². The lowest BCUT2D eigenvalue weighted by Gasteiger charge is -2.22. The molecule has 0 saturated carbocycles. The van der Waals surface area contributed by atoms with Gasteiger partial charge in [0.15, 0.2) is 0 Å². The van der Waals surface area contributed by atoms with Crippen molar-refractivity contribution in [3.8, 4) is 0 Å². The average Bonchev–Trinajstić information content (AvgIpc) is 2.77. The van der Waals surface area contributed by atoms with Gasteiger partial charge in [0.2, 0.25) is 10.0 Å². The van der Waals surface area contributed by atoms with Crippen molar-refractivity contribution in [3.05, 3.63) is 29.8 Å². The number of benzene rings is 1. The van der Waals surface area contributed by atoms with Crippen LogP contribution in [0.5, 0.6) is 0 Å². The summed E-state index contributed by atoms with van der Waals surface area (Å²) in [6, 6.07) is 6.98. The lowest BCUT2D eigenvalue weighted by Crippen LogP contribution is -2.39. The number of nitrogens with two attached hydrogens (primary N) is 1. The van der Waals surface area contributed by atoms with Crippen LogP contribution in [-0.4, -0.2) is 31.9 Å². The number of halogens is 1. The zero-order valence-electron chi connectivity index (χ0n) is 10.4. The molecule has 1 heterocycles. The smallest absolute Gasteiger partial charge is 0.243 e. The monoisotopic (exact) mass is 290 g/mol. The summed E-state index contributed by atoms with van der Waals surface area (Å²) in [6.07, 6.45) is 1.76. The predicted molar refractivity (Wildman–Crippen MR) is 74.4 cm³/mol. The first kappa shape index (κ1) is 15.4. The molecule has 1 atom stereocenters. The van der Waals surface area contributed by atoms with Crippen molar-refractivity contribution in [3.63, 3.8) is 0 Å². The first-order valence-corrected chi connectivity index (χ1v) is 7.28. The van der Waals surface area contributed by atoms with E-state index in [1.54, 1.807) is 22.5 Å². The Morgan fingerprint density at radius 1 is 1.44 bits per heavy atom. The van der Waals surface area contributed by atoms with Crippen LogP contribution in [-0.2, 0) is 10.0 Å². The van der Waals surface area contributed by atoms with Crippen molar-refractivity contribution < 1.29 is 8.42 Å². The summed E-state index contributed by atoms with van der Waals surface area (Å²) in [4.78, 5) is 0.373. The lowest BCUT2D eigenvalue weighted by atomic mass is 10.2. The molecule has 2 rings (SSSR count). The van der Waals surface area contributed by atoms with Crippen molar-refractivity contribution in [2.45, 2.75) is 30.7 Å². The van der Waals surface area contributed by atoms with Crippen LogP contribution in [0.1, 0.15) is 18.4 Å². The molecule has 0 spiro atoms. The van der Waals surface area contributed by atoms with E-state index in [9.17, 15) is 8.42 Å². The highest BCUT2D eigenvalue weighted by molar-refractivity contribution is 7.89. The number of rotatable bonds is 3. The van der Waals surface area contributed by atoms with Gasteiger partial charge < -0.3 is 5.73 Å². The van der Waals surface area contributed by atoms with Gasteiger partial charge >= 0.3 is 0 Å². The third-order valence-corrected chi connectivity index (χ3v) is 5.14. The summed E-state index contributed by atoms with van der Waals surface area (Å²) in [6.45, 7) is 2.87. The van der Waals surface area contributed by atoms with Gasteiger partial charge in [0.05, 0.1) is 4.90 Å². The third kappa shape index (κ3) is 2.85. The van der Waals surface area contributed by atoms with Gasteiger partial charge in [0, 0.05) is 19.1 Å². The maximum Gasteiger partial charge on any atom is 0.243 e. The van der Waals surface area contributed by atoms with E-state index in [4.69, 9.17) is 5.73 Å². The predicted octanol–water partition coefficient (Wildman–Crippen LogP) is 1.53. The Kier molecular flexibility index (Phi) is 5.16. The highest BCUT2D eigenvalue weighted by Crippen LogP contribution is 2.25. The molecular formula is C12H19ClN2O2S. The van der Waals surface area contributed by atoms with Gasteiger partial charge in [-0.25, -0.2) is 8.42 Å². The molecule has 102 valence electrons. The Balaban J connectivity index is 0.00000162. The molecule has 4 nitrogen and oxygen atoms in total. The van der Waals surface area contributed by atoms with E-state index in [0.717, 1.165) is 18.4 Å². The van der Waals surface area contributed by atoms with E-state index >= 15 is 0 Å². The maximum absolute atomic E-state index is 12.4. The van der Waals surface area contributed by atoms with Crippen molar-refractivity contribution in [2.75, 3.05) is 13.1 Å². The lowest BCUT2D eigenvalue weighted by molar-refractivity contribution is 0.393. The van der Waals surface area contributed by atoms with Crippen LogP contribution in [0, 0.1) is 6.92 Å². The minimum atomic E-state index is -3.37. The largest absolute Gasteiger partial charge is 0.329 e. The molecule has 1 aliphatic heterocycles. The van der Waals surface area contributed by atoms with Crippen LogP contribution in [0.2, 0.25) is 0 Å². The standard InChI is InChI=1S/C12H18N2O2S.ClH/c1-10-4-2-6-12(8-10)17(15,16)14-7-3-5-11(14)9-13;/h2,4,6,8,11H,3,5,7,9,13H2,1H3;1H. The maximum atomic E-state index is 12.4. The van der Waals surface area contributed by atoms with Gasteiger partial charge in [-0.2, -0.15) is 4.31 Å². The van der Waals surface area contributed by atoms with Gasteiger partial charge in [-0.15, -0.1) is 12.4 Å². The minimum Gasteiger partial charge on any atom is -0.329 e. The van der Waals surface area contributed by atoms with Gasteiger partial charge in [0.1, 0.15) is 0 Å². The summed E-state index contributed by atoms with van der Waals surface area (Å²) in [5, 5.41) is 0. The van der Waals surface area contributed by atoms with Crippen LogP contribution in [0.3, 0.4) is 0 Å². The molecule has 1 aliphatic rings. The Labute approximate surface area is 115 Å². The molecule has 0 aliphatic carbocycles. The molecule has 0 aromatic heterocycles. The Bertz CT molecular complexity index is 505. The molecule has 2 N–H and O–H groups in total. The van der Waals surface area contributed by atoms with E-state index in [2.05, 4.69) is 0 Å². The van der Waals surface area contributed by atoms with Crippen LogP contribution in [0.4, 0.5) is 0 Å². The first-order valence-electron chi connectivity index (χ1n) is 5.84. The molecule has 1 aromatic carbocycles. The fraction of sp³-hybridized carbons (Fsp3) is 0.500. The Morgan fingerprint density at radius 3 is 2.78 bits per heavy atom. The van der Waals surface area contributed by atoms with Gasteiger partial charge in [-0.1, -0.05) is 12.1 Å². The van der Waals surface area contributed by atoms with Crippen molar-refractivity contribution >= 4 is 22.4 Å². The molecule has 1 unspecified atom stereocenters. The summed E-state index contributed by atoms with van der Waals surface area (Å²) in [5.74, 6) is 0. The zero-order valence-corrected chi connectivity index (χ0v) is 12.0. The quantitative estimate of drug-likeness (QED) is 0.918. The second kappa shape index (κ2) is 6.02. The zero-order chi connectivity index (χ0) is 12.5. The van der Waals surface area contributed by atoms with Crippen LogP contribution in [0.25, 0.3) is 0 Å². The van der Waals surface area contributed by atoms with Gasteiger partial charge in [-0.05, 0) is 37.5 Å². The van der Waals surface area contributed by atoms with E-state index < -0.39 is 10.0 Å². The van der Waals surface area contributed by atoms with Crippen molar-refractivity contribution in [2.24, 2.45) is 5.73 Å². The fourth-order valence-electron chi connectivity index (χ4n) is 2.27. The molecule has 0 radical (unpaired) electrons. The molecule has 1 saturated heterocycles. The second-order valence-electron chi connectivity index (χ2n) is 4.46. The van der Waals surface area contributed by atoms with Crippen LogP contribution < -0.4 is 5.73 Å².